The van der Waals surface area contributed by atoms with Crippen LogP contribution in [0.15, 0.2) is 42.6 Å². The molecule has 164 valence electrons. The highest BCUT2D eigenvalue weighted by Crippen LogP contribution is 2.27. The Labute approximate surface area is 193 Å². The first-order valence-electron chi connectivity index (χ1n) is 10.2. The second-order valence-corrected chi connectivity index (χ2v) is 7.89. The van der Waals surface area contributed by atoms with E-state index in [1.165, 1.54) is 6.20 Å². The Hall–Kier alpha value is -4.23. The predicted molar refractivity (Wildman–Crippen MR) is 123 cm³/mol. The van der Waals surface area contributed by atoms with Crippen molar-refractivity contribution in [1.29, 1.82) is 0 Å². The van der Waals surface area contributed by atoms with Crippen molar-refractivity contribution in [2.45, 2.75) is 19.4 Å². The summed E-state index contributed by atoms with van der Waals surface area (Å²) in [6, 6.07) is 10.8. The molecule has 0 atom stereocenters. The van der Waals surface area contributed by atoms with E-state index in [-0.39, 0.29) is 18.1 Å². The number of nitrogens with one attached hydrogen (secondary N) is 2. The fourth-order valence-electron chi connectivity index (χ4n) is 3.00. The summed E-state index contributed by atoms with van der Waals surface area (Å²) in [6.07, 6.45) is 3.66. The van der Waals surface area contributed by atoms with E-state index < -0.39 is 5.91 Å². The van der Waals surface area contributed by atoms with E-state index in [9.17, 15) is 4.79 Å². The van der Waals surface area contributed by atoms with Gasteiger partial charge in [0.2, 0.25) is 0 Å². The van der Waals surface area contributed by atoms with Gasteiger partial charge in [-0.05, 0) is 49.1 Å². The van der Waals surface area contributed by atoms with Crippen molar-refractivity contribution in [2.75, 3.05) is 11.1 Å². The lowest BCUT2D eigenvalue weighted by Crippen LogP contribution is -2.26. The lowest BCUT2D eigenvalue weighted by Gasteiger charge is -2.08. The molecule has 0 saturated heterocycles. The first kappa shape index (κ1) is 20.7. The summed E-state index contributed by atoms with van der Waals surface area (Å²) in [4.78, 5) is 21.0. The second-order valence-electron chi connectivity index (χ2n) is 7.46. The van der Waals surface area contributed by atoms with Crippen LogP contribution >= 0.6 is 11.6 Å². The number of nitrogens with zero attached hydrogens (tertiary/aromatic N) is 6. The monoisotopic (exact) mass is 459 g/mol. The number of amides is 1. The van der Waals surface area contributed by atoms with E-state index in [1.807, 2.05) is 12.1 Å². The number of aromatic nitrogens is 6. The van der Waals surface area contributed by atoms with Crippen LogP contribution in [0.3, 0.4) is 0 Å². The fraction of sp³-hybridized carbons (Fsp3) is 0.182. The van der Waals surface area contributed by atoms with Crippen LogP contribution in [-0.2, 0) is 6.54 Å². The lowest BCUT2D eigenvalue weighted by molar-refractivity contribution is 0.0945. The molecule has 5 rings (SSSR count). The first-order valence-corrected chi connectivity index (χ1v) is 10.6. The molecule has 0 bridgehead atoms. The van der Waals surface area contributed by atoms with Gasteiger partial charge in [0.1, 0.15) is 5.69 Å². The molecule has 1 aliphatic rings. The Balaban J connectivity index is 1.32. The van der Waals surface area contributed by atoms with Gasteiger partial charge in [-0.25, -0.2) is 9.97 Å². The van der Waals surface area contributed by atoms with Crippen LogP contribution in [-0.4, -0.2) is 35.7 Å². The standard InChI is InChI=1S/C22H18ClN9O/c23-14-2-1-3-15(10-14)27-17-8-9-18-29-30-19(32(18)31-17)12-26-22(33)20-21(24)25-11-16(28-20)7-6-13-4-5-13/h1-3,8-11,13H,4-5,12H2,(H2,24,25)(H,26,33)(H,27,31). The van der Waals surface area contributed by atoms with Gasteiger partial charge in [-0.1, -0.05) is 23.6 Å². The summed E-state index contributed by atoms with van der Waals surface area (Å²) in [6.45, 7) is 0.0622. The van der Waals surface area contributed by atoms with Crippen molar-refractivity contribution >= 4 is 40.5 Å². The molecule has 1 aromatic carbocycles. The fourth-order valence-corrected chi connectivity index (χ4v) is 3.19. The van der Waals surface area contributed by atoms with E-state index in [4.69, 9.17) is 17.3 Å². The van der Waals surface area contributed by atoms with E-state index in [1.54, 1.807) is 28.8 Å². The molecule has 4 aromatic rings. The summed E-state index contributed by atoms with van der Waals surface area (Å²) >= 11 is 6.04. The quantitative estimate of drug-likeness (QED) is 0.387. The molecule has 0 spiro atoms. The van der Waals surface area contributed by atoms with Crippen LogP contribution in [0.5, 0.6) is 0 Å². The van der Waals surface area contributed by atoms with Crippen molar-refractivity contribution in [1.82, 2.24) is 35.1 Å². The zero-order valence-corrected chi connectivity index (χ0v) is 18.0. The Morgan fingerprint density at radius 3 is 2.94 bits per heavy atom. The van der Waals surface area contributed by atoms with E-state index >= 15 is 0 Å². The Kier molecular flexibility index (Phi) is 5.46. The van der Waals surface area contributed by atoms with Crippen LogP contribution in [0.4, 0.5) is 17.3 Å². The Morgan fingerprint density at radius 1 is 1.24 bits per heavy atom. The molecule has 3 heterocycles. The summed E-state index contributed by atoms with van der Waals surface area (Å²) in [7, 11) is 0. The van der Waals surface area contributed by atoms with Gasteiger partial charge in [0.25, 0.3) is 5.91 Å². The molecule has 10 nitrogen and oxygen atoms in total. The van der Waals surface area contributed by atoms with Gasteiger partial charge >= 0.3 is 0 Å². The predicted octanol–water partition coefficient (Wildman–Crippen LogP) is 2.58. The highest BCUT2D eigenvalue weighted by molar-refractivity contribution is 6.30. The number of anilines is 3. The van der Waals surface area contributed by atoms with Crippen molar-refractivity contribution in [3.63, 3.8) is 0 Å². The number of carbonyl (C=O) groups excluding carboxylic acids is 1. The Morgan fingerprint density at radius 2 is 2.12 bits per heavy atom. The number of fused-ring (bicyclic) bond motifs is 1. The molecule has 11 heteroatoms. The summed E-state index contributed by atoms with van der Waals surface area (Å²) in [5, 5.41) is 19.2. The molecule has 0 aliphatic heterocycles. The molecule has 1 amide bonds. The van der Waals surface area contributed by atoms with Crippen LogP contribution in [0.2, 0.25) is 5.02 Å². The molecule has 0 unspecified atom stereocenters. The maximum absolute atomic E-state index is 12.7. The zero-order chi connectivity index (χ0) is 22.8. The Bertz CT molecular complexity index is 1420. The van der Waals surface area contributed by atoms with Gasteiger partial charge < -0.3 is 16.4 Å². The number of nitrogen functional groups attached to an aromatic ring is 1. The largest absolute Gasteiger partial charge is 0.382 e. The summed E-state index contributed by atoms with van der Waals surface area (Å²) in [5.41, 5.74) is 7.61. The molecule has 33 heavy (non-hydrogen) atoms. The minimum atomic E-state index is -0.486. The van der Waals surface area contributed by atoms with Gasteiger partial charge in [-0.15, -0.1) is 15.3 Å². The van der Waals surface area contributed by atoms with Crippen LogP contribution in [0.1, 0.15) is 34.8 Å². The average molecular weight is 460 g/mol. The van der Waals surface area contributed by atoms with Crippen molar-refractivity contribution in [2.24, 2.45) is 5.92 Å². The van der Waals surface area contributed by atoms with Gasteiger partial charge in [0, 0.05) is 16.6 Å². The smallest absolute Gasteiger partial charge is 0.274 e. The maximum Gasteiger partial charge on any atom is 0.274 e. The number of benzene rings is 1. The van der Waals surface area contributed by atoms with Crippen molar-refractivity contribution < 1.29 is 4.79 Å². The molecule has 1 fully saturated rings. The van der Waals surface area contributed by atoms with Gasteiger partial charge in [0.15, 0.2) is 28.8 Å². The molecule has 3 aromatic heterocycles. The van der Waals surface area contributed by atoms with Crippen molar-refractivity contribution in [3.05, 3.63) is 64.8 Å². The normalized spacial score (nSPS) is 12.8. The van der Waals surface area contributed by atoms with Gasteiger partial charge in [0.05, 0.1) is 12.7 Å². The minimum Gasteiger partial charge on any atom is -0.382 e. The third-order valence-electron chi connectivity index (χ3n) is 4.83. The summed E-state index contributed by atoms with van der Waals surface area (Å²) < 4.78 is 1.54. The van der Waals surface area contributed by atoms with Crippen LogP contribution in [0, 0.1) is 17.8 Å². The number of hydrogen-bond acceptors (Lipinski definition) is 8. The van der Waals surface area contributed by atoms with Gasteiger partial charge in [-0.2, -0.15) is 4.52 Å². The molecule has 1 aliphatic carbocycles. The SMILES string of the molecule is Nc1ncc(C#CC2CC2)nc1C(=O)NCc1nnc2ccc(Nc3cccc(Cl)c3)nn12. The molecule has 4 N–H and O–H groups in total. The van der Waals surface area contributed by atoms with E-state index in [2.05, 4.69) is 47.7 Å². The summed E-state index contributed by atoms with van der Waals surface area (Å²) in [5.74, 6) is 6.98. The third kappa shape index (κ3) is 4.83. The first-order chi connectivity index (χ1) is 16.0. The van der Waals surface area contributed by atoms with E-state index in [0.29, 0.717) is 33.9 Å². The van der Waals surface area contributed by atoms with E-state index in [0.717, 1.165) is 18.5 Å². The third-order valence-corrected chi connectivity index (χ3v) is 5.06. The topological polar surface area (TPSA) is 136 Å². The zero-order valence-electron chi connectivity index (χ0n) is 17.3. The maximum atomic E-state index is 12.7. The lowest BCUT2D eigenvalue weighted by atomic mass is 10.3. The number of carbonyl (C=O) groups is 1. The molecular formula is C22H18ClN9O. The minimum absolute atomic E-state index is 0.0164. The van der Waals surface area contributed by atoms with Gasteiger partial charge in [-0.3, -0.25) is 4.79 Å². The number of hydrogen-bond donors (Lipinski definition) is 3. The molecule has 0 radical (unpaired) electrons. The number of nitrogens with two attached hydrogens (primary N) is 1. The van der Waals surface area contributed by atoms with Crippen LogP contribution in [0.25, 0.3) is 5.65 Å². The van der Waals surface area contributed by atoms with Crippen LogP contribution < -0.4 is 16.4 Å². The number of rotatable bonds is 5. The second kappa shape index (κ2) is 8.72. The highest BCUT2D eigenvalue weighted by Gasteiger charge is 2.19. The highest BCUT2D eigenvalue weighted by atomic mass is 35.5. The average Bonchev–Trinajstić information content (AvgIpc) is 3.56. The molecule has 1 saturated carbocycles. The molecular weight excluding hydrogens is 442 g/mol. The van der Waals surface area contributed by atoms with Crippen molar-refractivity contribution in [3.8, 4) is 11.8 Å². The number of halogens is 1.